The zero-order chi connectivity index (χ0) is 12.1. The van der Waals surface area contributed by atoms with Crippen molar-refractivity contribution in [3.05, 3.63) is 24.3 Å². The Bertz CT molecular complexity index is 217. The molecule has 0 aromatic carbocycles. The Morgan fingerprint density at radius 1 is 1.00 bits per heavy atom. The van der Waals surface area contributed by atoms with Gasteiger partial charge >= 0.3 is 0 Å². The van der Waals surface area contributed by atoms with E-state index in [1.165, 1.54) is 38.5 Å². The molecular formula is C14H23O2-. The van der Waals surface area contributed by atoms with Gasteiger partial charge in [0.1, 0.15) is 0 Å². The van der Waals surface area contributed by atoms with Crippen LogP contribution in [-0.2, 0) is 4.79 Å². The summed E-state index contributed by atoms with van der Waals surface area (Å²) in [6.45, 7) is 2.22. The number of hydrogen-bond donors (Lipinski definition) is 0. The van der Waals surface area contributed by atoms with Crippen LogP contribution in [0.3, 0.4) is 0 Å². The van der Waals surface area contributed by atoms with E-state index in [4.69, 9.17) is 0 Å². The first kappa shape index (κ1) is 14.9. The quantitative estimate of drug-likeness (QED) is 0.422. The van der Waals surface area contributed by atoms with Crippen molar-refractivity contribution < 1.29 is 9.90 Å². The van der Waals surface area contributed by atoms with Crippen molar-refractivity contribution in [3.8, 4) is 0 Å². The number of unbranched alkanes of at least 4 members (excludes halogenated alkanes) is 6. The second kappa shape index (κ2) is 12.0. The van der Waals surface area contributed by atoms with Crippen molar-refractivity contribution in [2.24, 2.45) is 0 Å². The largest absolute Gasteiger partial charge is 0.550 e. The van der Waals surface area contributed by atoms with Crippen molar-refractivity contribution in [1.82, 2.24) is 0 Å². The normalized spacial score (nSPS) is 11.6. The predicted octanol–water partition coefficient (Wildman–Crippen LogP) is 2.99. The van der Waals surface area contributed by atoms with Gasteiger partial charge in [0.15, 0.2) is 0 Å². The zero-order valence-electron chi connectivity index (χ0n) is 10.3. The van der Waals surface area contributed by atoms with Crippen molar-refractivity contribution >= 4 is 5.97 Å². The molecular weight excluding hydrogens is 200 g/mol. The number of carbonyl (C=O) groups is 1. The van der Waals surface area contributed by atoms with Crippen molar-refractivity contribution in [1.29, 1.82) is 0 Å². The van der Waals surface area contributed by atoms with Crippen LogP contribution in [0.4, 0.5) is 0 Å². The molecule has 0 saturated heterocycles. The van der Waals surface area contributed by atoms with Crippen LogP contribution < -0.4 is 5.11 Å². The molecule has 2 heteroatoms. The Morgan fingerprint density at radius 3 is 2.31 bits per heavy atom. The van der Waals surface area contributed by atoms with E-state index < -0.39 is 5.97 Å². The first-order valence-corrected chi connectivity index (χ1v) is 6.29. The van der Waals surface area contributed by atoms with E-state index >= 15 is 0 Å². The summed E-state index contributed by atoms with van der Waals surface area (Å²) in [5, 5.41) is 10.1. The van der Waals surface area contributed by atoms with Gasteiger partial charge in [0.2, 0.25) is 0 Å². The lowest BCUT2D eigenvalue weighted by molar-refractivity contribution is -0.304. The predicted molar refractivity (Wildman–Crippen MR) is 65.9 cm³/mol. The summed E-state index contributed by atoms with van der Waals surface area (Å²) < 4.78 is 0. The number of carbonyl (C=O) groups excluding carboxylic acids is 1. The van der Waals surface area contributed by atoms with E-state index in [1.807, 2.05) is 6.08 Å². The monoisotopic (exact) mass is 223 g/mol. The van der Waals surface area contributed by atoms with Crippen LogP contribution in [0, 0.1) is 0 Å². The van der Waals surface area contributed by atoms with Crippen LogP contribution in [-0.4, -0.2) is 5.97 Å². The zero-order valence-corrected chi connectivity index (χ0v) is 10.3. The molecule has 0 N–H and O–H groups in total. The van der Waals surface area contributed by atoms with Crippen LogP contribution in [0.1, 0.15) is 58.3 Å². The Balaban J connectivity index is 3.21. The third kappa shape index (κ3) is 12.9. The average molecular weight is 223 g/mol. The summed E-state index contributed by atoms with van der Waals surface area (Å²) in [6, 6.07) is 0. The number of carboxylic acid groups (broad SMARTS) is 1. The Hall–Kier alpha value is -1.05. The van der Waals surface area contributed by atoms with E-state index in [9.17, 15) is 9.90 Å². The average Bonchev–Trinajstić information content (AvgIpc) is 2.25. The Labute approximate surface area is 99.1 Å². The van der Waals surface area contributed by atoms with Gasteiger partial charge in [-0.1, -0.05) is 63.3 Å². The molecule has 92 valence electrons. The van der Waals surface area contributed by atoms with Crippen molar-refractivity contribution in [2.75, 3.05) is 0 Å². The summed E-state index contributed by atoms with van der Waals surface area (Å²) >= 11 is 0. The first-order valence-electron chi connectivity index (χ1n) is 6.29. The second-order valence-electron chi connectivity index (χ2n) is 3.99. The fourth-order valence-electron chi connectivity index (χ4n) is 1.46. The van der Waals surface area contributed by atoms with Crippen molar-refractivity contribution in [3.63, 3.8) is 0 Å². The highest BCUT2D eigenvalue weighted by atomic mass is 16.4. The molecule has 0 amide bonds. The number of allylic oxidation sites excluding steroid dienone is 3. The Morgan fingerprint density at radius 2 is 1.62 bits per heavy atom. The molecule has 0 aromatic heterocycles. The highest BCUT2D eigenvalue weighted by molar-refractivity contribution is 5.66. The van der Waals surface area contributed by atoms with Gasteiger partial charge in [-0.25, -0.2) is 0 Å². The van der Waals surface area contributed by atoms with Crippen LogP contribution in [0.2, 0.25) is 0 Å². The van der Waals surface area contributed by atoms with E-state index in [0.29, 0.717) is 0 Å². The maximum absolute atomic E-state index is 10.1. The van der Waals surface area contributed by atoms with Gasteiger partial charge in [-0.15, -0.1) is 0 Å². The lowest BCUT2D eigenvalue weighted by Gasteiger charge is -1.97. The maximum atomic E-state index is 10.1. The fourth-order valence-corrected chi connectivity index (χ4v) is 1.46. The molecule has 0 bridgehead atoms. The standard InChI is InChI=1S/C14H24O2/c1-2-3-4-5-6-7-8-9-10-11-12-13-14(15)16/h9-12H,2-8,13H2,1H3,(H,15,16)/p-1/b10-9+,12-11+. The molecule has 0 fully saturated rings. The number of carboxylic acids is 1. The van der Waals surface area contributed by atoms with Gasteiger partial charge in [-0.2, -0.15) is 0 Å². The highest BCUT2D eigenvalue weighted by Crippen LogP contribution is 2.07. The summed E-state index contributed by atoms with van der Waals surface area (Å²) in [4.78, 5) is 10.1. The smallest absolute Gasteiger partial charge is 0.0452 e. The van der Waals surface area contributed by atoms with Crippen LogP contribution in [0.15, 0.2) is 24.3 Å². The lowest BCUT2D eigenvalue weighted by atomic mass is 10.1. The third-order valence-corrected chi connectivity index (χ3v) is 2.39. The minimum atomic E-state index is -1.03. The summed E-state index contributed by atoms with van der Waals surface area (Å²) in [6.07, 6.45) is 16.3. The molecule has 0 atom stereocenters. The molecule has 0 unspecified atom stereocenters. The lowest BCUT2D eigenvalue weighted by Crippen LogP contribution is -2.20. The van der Waals surface area contributed by atoms with Gasteiger partial charge in [-0.05, 0) is 12.8 Å². The SMILES string of the molecule is CCCCCCCC/C=C/C=C/CC(=O)[O-]. The maximum Gasteiger partial charge on any atom is 0.0452 e. The summed E-state index contributed by atoms with van der Waals surface area (Å²) in [5.41, 5.74) is 0. The highest BCUT2D eigenvalue weighted by Gasteiger charge is 1.87. The number of rotatable bonds is 10. The van der Waals surface area contributed by atoms with Crippen LogP contribution >= 0.6 is 0 Å². The molecule has 0 saturated carbocycles. The number of hydrogen-bond acceptors (Lipinski definition) is 2. The summed E-state index contributed by atoms with van der Waals surface area (Å²) in [7, 11) is 0. The van der Waals surface area contributed by atoms with E-state index in [0.717, 1.165) is 6.42 Å². The minimum Gasteiger partial charge on any atom is -0.550 e. The molecule has 0 rings (SSSR count). The van der Waals surface area contributed by atoms with E-state index in [2.05, 4.69) is 13.0 Å². The molecule has 0 aromatic rings. The van der Waals surface area contributed by atoms with Gasteiger partial charge in [0.25, 0.3) is 0 Å². The van der Waals surface area contributed by atoms with Gasteiger partial charge in [-0.3, -0.25) is 0 Å². The molecule has 0 radical (unpaired) electrons. The summed E-state index contributed by atoms with van der Waals surface area (Å²) in [5.74, 6) is -1.03. The molecule has 0 aliphatic carbocycles. The van der Waals surface area contributed by atoms with Crippen LogP contribution in [0.25, 0.3) is 0 Å². The Kier molecular flexibility index (Phi) is 11.2. The molecule has 0 spiro atoms. The minimum absolute atomic E-state index is 0.00135. The fraction of sp³-hybridized carbons (Fsp3) is 0.643. The number of aliphatic carboxylic acids is 1. The molecule has 0 heterocycles. The molecule has 0 aliphatic rings. The van der Waals surface area contributed by atoms with Gasteiger partial charge < -0.3 is 9.90 Å². The van der Waals surface area contributed by atoms with Crippen LogP contribution in [0.5, 0.6) is 0 Å². The van der Waals surface area contributed by atoms with Crippen molar-refractivity contribution in [2.45, 2.75) is 58.3 Å². The van der Waals surface area contributed by atoms with E-state index in [1.54, 1.807) is 12.2 Å². The third-order valence-electron chi connectivity index (χ3n) is 2.39. The first-order chi connectivity index (χ1) is 7.77. The topological polar surface area (TPSA) is 40.1 Å². The molecule has 0 aliphatic heterocycles. The molecule has 2 nitrogen and oxygen atoms in total. The second-order valence-corrected chi connectivity index (χ2v) is 3.99. The van der Waals surface area contributed by atoms with Gasteiger partial charge in [0, 0.05) is 12.4 Å². The van der Waals surface area contributed by atoms with E-state index in [-0.39, 0.29) is 6.42 Å². The van der Waals surface area contributed by atoms with Gasteiger partial charge in [0.05, 0.1) is 0 Å². The molecule has 16 heavy (non-hydrogen) atoms.